The number of ether oxygens (including phenoxy) is 1. The molecule has 18 heavy (non-hydrogen) atoms. The lowest BCUT2D eigenvalue weighted by Gasteiger charge is -2.28. The van der Waals surface area contributed by atoms with Crippen molar-refractivity contribution in [1.29, 1.82) is 0 Å². The second kappa shape index (κ2) is 5.59. The lowest BCUT2D eigenvalue weighted by atomic mass is 10.2. The van der Waals surface area contributed by atoms with Crippen LogP contribution in [0.5, 0.6) is 5.75 Å². The minimum Gasteiger partial charge on any atom is -0.497 e. The van der Waals surface area contributed by atoms with E-state index >= 15 is 0 Å². The Kier molecular flexibility index (Phi) is 4.29. The number of nitrogens with zero attached hydrogens (tertiary/aromatic N) is 1. The van der Waals surface area contributed by atoms with Crippen molar-refractivity contribution in [3.05, 3.63) is 24.3 Å². The third-order valence-electron chi connectivity index (χ3n) is 3.08. The van der Waals surface area contributed by atoms with Crippen LogP contribution in [-0.4, -0.2) is 37.7 Å². The largest absolute Gasteiger partial charge is 0.497 e. The zero-order valence-electron chi connectivity index (χ0n) is 10.2. The van der Waals surface area contributed by atoms with Crippen molar-refractivity contribution in [2.45, 2.75) is 22.6 Å². The van der Waals surface area contributed by atoms with Crippen LogP contribution in [0.25, 0.3) is 0 Å². The topological polar surface area (TPSA) is 46.6 Å². The fourth-order valence-electron chi connectivity index (χ4n) is 1.96. The van der Waals surface area contributed by atoms with Gasteiger partial charge in [0.1, 0.15) is 5.75 Å². The summed E-state index contributed by atoms with van der Waals surface area (Å²) in [5.74, 6) is 0.660. The molecule has 1 heterocycles. The fourth-order valence-corrected chi connectivity index (χ4v) is 3.84. The first-order valence-electron chi connectivity index (χ1n) is 5.82. The molecule has 0 unspecified atom stereocenters. The molecule has 1 aromatic rings. The van der Waals surface area contributed by atoms with E-state index in [2.05, 4.69) is 15.9 Å². The summed E-state index contributed by atoms with van der Waals surface area (Å²) in [6.07, 6.45) is 1.71. The van der Waals surface area contributed by atoms with Crippen LogP contribution in [0.4, 0.5) is 0 Å². The van der Waals surface area contributed by atoms with Gasteiger partial charge in [0.2, 0.25) is 10.0 Å². The van der Waals surface area contributed by atoms with E-state index in [9.17, 15) is 8.42 Å². The Morgan fingerprint density at radius 1 is 1.22 bits per heavy atom. The highest BCUT2D eigenvalue weighted by Gasteiger charge is 2.28. The summed E-state index contributed by atoms with van der Waals surface area (Å²) in [7, 11) is -1.79. The van der Waals surface area contributed by atoms with Crippen LogP contribution >= 0.6 is 15.9 Å². The van der Waals surface area contributed by atoms with E-state index in [0.29, 0.717) is 28.6 Å². The van der Waals surface area contributed by atoms with Crippen LogP contribution in [0, 0.1) is 0 Å². The van der Waals surface area contributed by atoms with Gasteiger partial charge in [0.25, 0.3) is 0 Å². The normalized spacial score (nSPS) is 18.8. The van der Waals surface area contributed by atoms with Crippen LogP contribution < -0.4 is 4.74 Å². The van der Waals surface area contributed by atoms with Crippen molar-refractivity contribution in [2.75, 3.05) is 20.2 Å². The molecule has 1 aliphatic rings. The Labute approximate surface area is 116 Å². The van der Waals surface area contributed by atoms with Gasteiger partial charge in [-0.25, -0.2) is 8.42 Å². The molecule has 0 aliphatic carbocycles. The average Bonchev–Trinajstić information content (AvgIpc) is 2.39. The molecule has 0 spiro atoms. The third kappa shape index (κ3) is 2.87. The maximum Gasteiger partial charge on any atom is 0.243 e. The Balaban J connectivity index is 2.19. The zero-order chi connectivity index (χ0) is 13.2. The summed E-state index contributed by atoms with van der Waals surface area (Å²) in [4.78, 5) is 0.760. The summed E-state index contributed by atoms with van der Waals surface area (Å²) in [5.41, 5.74) is 0. The quantitative estimate of drug-likeness (QED) is 0.797. The van der Waals surface area contributed by atoms with Gasteiger partial charge in [0.05, 0.1) is 12.0 Å². The maximum atomic E-state index is 12.4. The van der Waals surface area contributed by atoms with Crippen LogP contribution in [0.1, 0.15) is 12.8 Å². The van der Waals surface area contributed by atoms with Gasteiger partial charge in [-0.1, -0.05) is 15.9 Å². The summed E-state index contributed by atoms with van der Waals surface area (Å²) in [6, 6.07) is 6.52. The molecule has 1 aromatic carbocycles. The molecular formula is C12H16BrNO3S. The van der Waals surface area contributed by atoms with E-state index in [-0.39, 0.29) is 0 Å². The Hall–Kier alpha value is -0.590. The number of hydrogen-bond donors (Lipinski definition) is 0. The molecule has 0 bridgehead atoms. The molecular weight excluding hydrogens is 318 g/mol. The standard InChI is InChI=1S/C12H16BrNO3S/c1-17-11-2-4-12(5-3-11)18(15,16)14-8-6-10(13)7-9-14/h2-5,10H,6-9H2,1H3. The highest BCUT2D eigenvalue weighted by atomic mass is 79.9. The maximum absolute atomic E-state index is 12.4. The van der Waals surface area contributed by atoms with Gasteiger partial charge in [-0.2, -0.15) is 4.31 Å². The lowest BCUT2D eigenvalue weighted by molar-refractivity contribution is 0.354. The lowest BCUT2D eigenvalue weighted by Crippen LogP contribution is -2.38. The van der Waals surface area contributed by atoms with Crippen molar-refractivity contribution < 1.29 is 13.2 Å². The number of sulfonamides is 1. The van der Waals surface area contributed by atoms with Crippen molar-refractivity contribution in [3.63, 3.8) is 0 Å². The molecule has 0 saturated carbocycles. The molecule has 6 heteroatoms. The molecule has 1 aliphatic heterocycles. The highest BCUT2D eigenvalue weighted by Crippen LogP contribution is 2.24. The molecule has 100 valence electrons. The summed E-state index contributed by atoms with van der Waals surface area (Å²) < 4.78 is 31.3. The highest BCUT2D eigenvalue weighted by molar-refractivity contribution is 9.09. The minimum absolute atomic E-state index is 0.330. The number of alkyl halides is 1. The Bertz CT molecular complexity index is 493. The van der Waals surface area contributed by atoms with Gasteiger partial charge < -0.3 is 4.74 Å². The van der Waals surface area contributed by atoms with Crippen LogP contribution in [0.15, 0.2) is 29.2 Å². The molecule has 0 atom stereocenters. The van der Waals surface area contributed by atoms with Crippen molar-refractivity contribution in [1.82, 2.24) is 4.31 Å². The van der Waals surface area contributed by atoms with E-state index in [1.807, 2.05) is 0 Å². The third-order valence-corrected chi connectivity index (χ3v) is 5.91. The van der Waals surface area contributed by atoms with E-state index < -0.39 is 10.0 Å². The molecule has 0 amide bonds. The summed E-state index contributed by atoms with van der Waals surface area (Å²) >= 11 is 3.52. The molecule has 1 fully saturated rings. The Morgan fingerprint density at radius 3 is 2.28 bits per heavy atom. The minimum atomic E-state index is -3.35. The second-order valence-corrected chi connectivity index (χ2v) is 7.49. The van der Waals surface area contributed by atoms with Crippen LogP contribution in [0.2, 0.25) is 0 Å². The SMILES string of the molecule is COc1ccc(S(=O)(=O)N2CCC(Br)CC2)cc1. The van der Waals surface area contributed by atoms with Gasteiger partial charge in [-0.05, 0) is 37.1 Å². The monoisotopic (exact) mass is 333 g/mol. The van der Waals surface area contributed by atoms with Gasteiger partial charge in [-0.15, -0.1) is 0 Å². The fraction of sp³-hybridized carbons (Fsp3) is 0.500. The zero-order valence-corrected chi connectivity index (χ0v) is 12.6. The molecule has 0 N–H and O–H groups in total. The number of halogens is 1. The average molecular weight is 334 g/mol. The van der Waals surface area contributed by atoms with Crippen molar-refractivity contribution >= 4 is 26.0 Å². The van der Waals surface area contributed by atoms with Crippen LogP contribution in [-0.2, 0) is 10.0 Å². The van der Waals surface area contributed by atoms with Gasteiger partial charge in [0.15, 0.2) is 0 Å². The van der Waals surface area contributed by atoms with Crippen LogP contribution in [0.3, 0.4) is 0 Å². The number of benzene rings is 1. The van der Waals surface area contributed by atoms with Gasteiger partial charge >= 0.3 is 0 Å². The van der Waals surface area contributed by atoms with Gasteiger partial charge in [-0.3, -0.25) is 0 Å². The molecule has 0 radical (unpaired) electrons. The molecule has 2 rings (SSSR count). The smallest absolute Gasteiger partial charge is 0.243 e. The number of methoxy groups -OCH3 is 1. The number of piperidine rings is 1. The number of rotatable bonds is 3. The predicted octanol–water partition coefficient (Wildman–Crippen LogP) is 2.24. The van der Waals surface area contributed by atoms with Gasteiger partial charge in [0, 0.05) is 17.9 Å². The first kappa shape index (κ1) is 13.8. The van der Waals surface area contributed by atoms with E-state index in [4.69, 9.17) is 4.74 Å². The molecule has 4 nitrogen and oxygen atoms in total. The first-order valence-corrected chi connectivity index (χ1v) is 8.18. The van der Waals surface area contributed by atoms with Crippen molar-refractivity contribution in [2.24, 2.45) is 0 Å². The summed E-state index contributed by atoms with van der Waals surface area (Å²) in [5, 5.41) is 0. The summed E-state index contributed by atoms with van der Waals surface area (Å²) in [6.45, 7) is 1.15. The van der Waals surface area contributed by atoms with Crippen molar-refractivity contribution in [3.8, 4) is 5.75 Å². The van der Waals surface area contributed by atoms with E-state index in [1.54, 1.807) is 35.7 Å². The van der Waals surface area contributed by atoms with E-state index in [1.165, 1.54) is 0 Å². The van der Waals surface area contributed by atoms with E-state index in [0.717, 1.165) is 12.8 Å². The molecule has 1 saturated heterocycles. The first-order chi connectivity index (χ1) is 8.54. The molecule has 0 aromatic heterocycles. The Morgan fingerprint density at radius 2 is 1.78 bits per heavy atom. The second-order valence-electron chi connectivity index (χ2n) is 4.25. The number of hydrogen-bond acceptors (Lipinski definition) is 3. The predicted molar refractivity (Wildman–Crippen MR) is 73.7 cm³/mol.